The van der Waals surface area contributed by atoms with E-state index < -0.39 is 0 Å². The molecule has 148 valence electrons. The molecule has 0 bridgehead atoms. The van der Waals surface area contributed by atoms with E-state index in [2.05, 4.69) is 40.6 Å². The Hall–Kier alpha value is -2.24. The summed E-state index contributed by atoms with van der Waals surface area (Å²) in [4.78, 5) is 18.2. The topological polar surface area (TPSA) is 80.0 Å². The van der Waals surface area contributed by atoms with E-state index >= 15 is 0 Å². The molecule has 0 radical (unpaired) electrons. The van der Waals surface area contributed by atoms with E-state index in [0.717, 1.165) is 25.8 Å². The standard InChI is InChI=1S/C21H32N4O2/c1-2-27-20(26)25-13-9-18(10-14-25)24-19(22)23-16-21(11-6-12-21)15-17-7-4-3-5-8-17/h3-5,7-8,18H,2,6,9-16H2,1H3,(H3,22,23,24). The van der Waals surface area contributed by atoms with Gasteiger partial charge in [-0.15, -0.1) is 0 Å². The summed E-state index contributed by atoms with van der Waals surface area (Å²) in [7, 11) is 0. The molecular weight excluding hydrogens is 340 g/mol. The average molecular weight is 373 g/mol. The van der Waals surface area contributed by atoms with Crippen molar-refractivity contribution in [2.75, 3.05) is 26.2 Å². The number of hydrogen-bond acceptors (Lipinski definition) is 3. The maximum atomic E-state index is 11.8. The first-order valence-corrected chi connectivity index (χ1v) is 10.1. The Labute approximate surface area is 162 Å². The Morgan fingerprint density at radius 2 is 2.00 bits per heavy atom. The third-order valence-corrected chi connectivity index (χ3v) is 5.79. The fourth-order valence-electron chi connectivity index (χ4n) is 4.03. The van der Waals surface area contributed by atoms with Crippen molar-refractivity contribution in [1.82, 2.24) is 10.2 Å². The normalized spacial score (nSPS) is 20.0. The van der Waals surface area contributed by atoms with Crippen LogP contribution in [-0.2, 0) is 11.2 Å². The number of rotatable bonds is 6. The molecule has 3 rings (SSSR count). The molecule has 0 unspecified atom stereocenters. The number of nitrogens with one attached hydrogen (secondary N) is 1. The summed E-state index contributed by atoms with van der Waals surface area (Å²) in [6, 6.07) is 10.9. The number of ether oxygens (including phenoxy) is 1. The smallest absolute Gasteiger partial charge is 0.409 e. The van der Waals surface area contributed by atoms with Crippen molar-refractivity contribution in [3.63, 3.8) is 0 Å². The van der Waals surface area contributed by atoms with E-state index in [1.165, 1.54) is 24.8 Å². The maximum Gasteiger partial charge on any atom is 0.409 e. The van der Waals surface area contributed by atoms with Crippen molar-refractivity contribution < 1.29 is 9.53 Å². The summed E-state index contributed by atoms with van der Waals surface area (Å²) in [6.07, 6.45) is 6.30. The fraction of sp³-hybridized carbons (Fsp3) is 0.619. The van der Waals surface area contributed by atoms with Crippen LogP contribution in [0, 0.1) is 5.41 Å². The summed E-state index contributed by atoms with van der Waals surface area (Å²) >= 11 is 0. The van der Waals surface area contributed by atoms with Gasteiger partial charge >= 0.3 is 6.09 Å². The van der Waals surface area contributed by atoms with Crippen molar-refractivity contribution in [2.45, 2.75) is 51.5 Å². The van der Waals surface area contributed by atoms with E-state index in [0.29, 0.717) is 25.7 Å². The Morgan fingerprint density at radius 3 is 2.59 bits per heavy atom. The quantitative estimate of drug-likeness (QED) is 0.594. The number of aliphatic imine (C=N–C) groups is 1. The second-order valence-corrected chi connectivity index (χ2v) is 7.82. The molecule has 0 spiro atoms. The molecule has 1 amide bonds. The summed E-state index contributed by atoms with van der Waals surface area (Å²) in [5.41, 5.74) is 7.80. The zero-order valence-corrected chi connectivity index (χ0v) is 16.3. The van der Waals surface area contributed by atoms with Gasteiger partial charge in [-0.3, -0.25) is 4.99 Å². The summed E-state index contributed by atoms with van der Waals surface area (Å²) in [6.45, 7) is 4.42. The molecule has 1 aliphatic carbocycles. The molecule has 6 heteroatoms. The van der Waals surface area contributed by atoms with Gasteiger partial charge in [0.05, 0.1) is 6.61 Å². The number of likely N-dealkylation sites (tertiary alicyclic amines) is 1. The number of carbonyl (C=O) groups is 1. The molecule has 0 atom stereocenters. The Morgan fingerprint density at radius 1 is 1.30 bits per heavy atom. The predicted octanol–water partition coefficient (Wildman–Crippen LogP) is 2.92. The third kappa shape index (κ3) is 5.37. The number of nitrogens with zero attached hydrogens (tertiary/aromatic N) is 2. The average Bonchev–Trinajstić information content (AvgIpc) is 2.65. The number of hydrogen-bond donors (Lipinski definition) is 2. The third-order valence-electron chi connectivity index (χ3n) is 5.79. The molecule has 2 aliphatic rings. The lowest BCUT2D eigenvalue weighted by molar-refractivity contribution is 0.0963. The first-order valence-electron chi connectivity index (χ1n) is 10.1. The van der Waals surface area contributed by atoms with Gasteiger partial charge in [0.2, 0.25) is 0 Å². The largest absolute Gasteiger partial charge is 0.450 e. The van der Waals surface area contributed by atoms with E-state index in [-0.39, 0.29) is 17.6 Å². The van der Waals surface area contributed by atoms with Gasteiger partial charge in [-0.05, 0) is 50.0 Å². The molecule has 6 nitrogen and oxygen atoms in total. The molecule has 1 saturated heterocycles. The molecule has 1 aromatic carbocycles. The minimum atomic E-state index is -0.217. The van der Waals surface area contributed by atoms with Gasteiger partial charge < -0.3 is 20.7 Å². The number of amides is 1. The molecule has 2 fully saturated rings. The van der Waals surface area contributed by atoms with Crippen LogP contribution in [-0.4, -0.2) is 49.2 Å². The van der Waals surface area contributed by atoms with Crippen LogP contribution < -0.4 is 11.1 Å². The van der Waals surface area contributed by atoms with Crippen molar-refractivity contribution in [2.24, 2.45) is 16.1 Å². The number of nitrogens with two attached hydrogens (primary N) is 1. The van der Waals surface area contributed by atoms with Gasteiger partial charge in [0.1, 0.15) is 0 Å². The predicted molar refractivity (Wildman–Crippen MR) is 108 cm³/mol. The van der Waals surface area contributed by atoms with Crippen molar-refractivity contribution in [1.29, 1.82) is 0 Å². The van der Waals surface area contributed by atoms with E-state index in [1.807, 2.05) is 6.92 Å². The zero-order chi connectivity index (χ0) is 19.1. The van der Waals surface area contributed by atoms with Crippen LogP contribution in [0.3, 0.4) is 0 Å². The van der Waals surface area contributed by atoms with Crippen LogP contribution >= 0.6 is 0 Å². The van der Waals surface area contributed by atoms with Crippen LogP contribution in [0.2, 0.25) is 0 Å². The maximum absolute atomic E-state index is 11.8. The molecule has 1 aromatic rings. The number of piperidine rings is 1. The molecule has 27 heavy (non-hydrogen) atoms. The number of carbonyl (C=O) groups excluding carboxylic acids is 1. The second-order valence-electron chi connectivity index (χ2n) is 7.82. The highest BCUT2D eigenvalue weighted by Crippen LogP contribution is 2.44. The van der Waals surface area contributed by atoms with E-state index in [4.69, 9.17) is 10.5 Å². The molecular formula is C21H32N4O2. The van der Waals surface area contributed by atoms with Gasteiger partial charge in [-0.25, -0.2) is 4.79 Å². The lowest BCUT2D eigenvalue weighted by Crippen LogP contribution is -2.49. The highest BCUT2D eigenvalue weighted by atomic mass is 16.6. The highest BCUT2D eigenvalue weighted by molar-refractivity contribution is 5.78. The Kier molecular flexibility index (Phi) is 6.58. The first-order chi connectivity index (χ1) is 13.1. The molecule has 3 N–H and O–H groups in total. The Balaban J connectivity index is 1.46. The van der Waals surface area contributed by atoms with E-state index in [9.17, 15) is 4.79 Å². The SMILES string of the molecule is CCOC(=O)N1CCC(NC(N)=NCC2(Cc3ccccc3)CCC2)CC1. The van der Waals surface area contributed by atoms with Crippen LogP contribution in [0.4, 0.5) is 4.79 Å². The van der Waals surface area contributed by atoms with Crippen LogP contribution in [0.5, 0.6) is 0 Å². The van der Waals surface area contributed by atoms with Crippen LogP contribution in [0.1, 0.15) is 44.6 Å². The summed E-state index contributed by atoms with van der Waals surface area (Å²) in [5, 5.41) is 3.34. The fourth-order valence-corrected chi connectivity index (χ4v) is 4.03. The monoisotopic (exact) mass is 372 g/mol. The lowest BCUT2D eigenvalue weighted by atomic mass is 9.65. The van der Waals surface area contributed by atoms with Gasteiger partial charge in [0.25, 0.3) is 0 Å². The van der Waals surface area contributed by atoms with Crippen LogP contribution in [0.25, 0.3) is 0 Å². The van der Waals surface area contributed by atoms with Gasteiger partial charge in [0.15, 0.2) is 5.96 Å². The zero-order valence-electron chi connectivity index (χ0n) is 16.3. The minimum Gasteiger partial charge on any atom is -0.450 e. The highest BCUT2D eigenvalue weighted by Gasteiger charge is 2.36. The summed E-state index contributed by atoms with van der Waals surface area (Å²) in [5.74, 6) is 0.531. The first kappa shape index (κ1) is 19.5. The summed E-state index contributed by atoms with van der Waals surface area (Å²) < 4.78 is 5.06. The molecule has 1 aliphatic heterocycles. The van der Waals surface area contributed by atoms with Crippen molar-refractivity contribution >= 4 is 12.1 Å². The van der Waals surface area contributed by atoms with Gasteiger partial charge in [-0.2, -0.15) is 0 Å². The van der Waals surface area contributed by atoms with Crippen molar-refractivity contribution in [3.05, 3.63) is 35.9 Å². The second kappa shape index (κ2) is 9.11. The van der Waals surface area contributed by atoms with Gasteiger partial charge in [0, 0.05) is 25.7 Å². The minimum absolute atomic E-state index is 0.217. The van der Waals surface area contributed by atoms with E-state index in [1.54, 1.807) is 4.90 Å². The van der Waals surface area contributed by atoms with Gasteiger partial charge in [-0.1, -0.05) is 36.8 Å². The molecule has 1 heterocycles. The molecule has 0 aromatic heterocycles. The van der Waals surface area contributed by atoms with Crippen LogP contribution in [0.15, 0.2) is 35.3 Å². The number of guanidine groups is 1. The Bertz CT molecular complexity index is 635. The lowest BCUT2D eigenvalue weighted by Gasteiger charge is -2.41. The molecule has 1 saturated carbocycles. The van der Waals surface area contributed by atoms with Crippen molar-refractivity contribution in [3.8, 4) is 0 Å². The number of benzene rings is 1.